The van der Waals surface area contributed by atoms with Gasteiger partial charge in [0.2, 0.25) is 0 Å². The van der Waals surface area contributed by atoms with Gasteiger partial charge in [0.05, 0.1) is 2.74 Å². The monoisotopic (exact) mass is 1030 g/mol. The van der Waals surface area contributed by atoms with Gasteiger partial charge in [-0.05, 0) is 0 Å². The van der Waals surface area contributed by atoms with Gasteiger partial charge in [0.15, 0.2) is 0 Å². The molecular formula is C61H42P2Se2. The van der Waals surface area contributed by atoms with E-state index >= 15 is 0 Å². The average Bonchev–Trinajstić information content (AvgIpc) is 1.47. The Balaban J connectivity index is 1.19. The Morgan fingerprint density at radius 2 is 0.723 bits per heavy atom. The zero-order chi connectivity index (χ0) is 74.0. The molecule has 0 fully saturated rings. The van der Waals surface area contributed by atoms with Gasteiger partial charge in [0.1, 0.15) is 0 Å². The third kappa shape index (κ3) is 6.32. The minimum atomic E-state index is -4.83. The molecule has 0 heterocycles. The Morgan fingerprint density at radius 1 is 0.308 bits per heavy atom. The molecule has 0 amide bonds. The van der Waals surface area contributed by atoms with Gasteiger partial charge in [0, 0.05) is 0 Å². The van der Waals surface area contributed by atoms with E-state index in [1.165, 1.54) is 30.3 Å². The van der Waals surface area contributed by atoms with Crippen molar-refractivity contribution in [2.24, 2.45) is 0 Å². The summed E-state index contributed by atoms with van der Waals surface area (Å²) in [5.41, 5.74) is -15.3. The van der Waals surface area contributed by atoms with Gasteiger partial charge in [-0.2, -0.15) is 0 Å². The summed E-state index contributed by atoms with van der Waals surface area (Å²) < 4.78 is 323. The first-order valence-corrected chi connectivity index (χ1v) is 27.3. The summed E-state index contributed by atoms with van der Waals surface area (Å²) in [5, 5.41) is -4.66. The zero-order valence-electron chi connectivity index (χ0n) is 67.8. The molecule has 10 aromatic carbocycles. The fraction of sp³-hybridized carbons (Fsp3) is 0.0164. The van der Waals surface area contributed by atoms with Gasteiger partial charge in [-0.3, -0.25) is 0 Å². The van der Waals surface area contributed by atoms with Crippen LogP contribution in [0.25, 0.3) is 44.5 Å². The van der Waals surface area contributed by atoms with E-state index in [1.807, 2.05) is 0 Å². The summed E-state index contributed by atoms with van der Waals surface area (Å²) in [5.74, 6) is 0. The van der Waals surface area contributed by atoms with Gasteiger partial charge < -0.3 is 0 Å². The van der Waals surface area contributed by atoms with E-state index in [4.69, 9.17) is 28.8 Å². The van der Waals surface area contributed by atoms with Crippen molar-refractivity contribution in [3.05, 3.63) is 276 Å². The number of benzene rings is 10. The van der Waals surface area contributed by atoms with Gasteiger partial charge in [0.25, 0.3) is 0 Å². The predicted octanol–water partition coefficient (Wildman–Crippen LogP) is 12.1. The molecule has 1 unspecified atom stereocenters. The normalized spacial score (nSPS) is 22.2. The van der Waals surface area contributed by atoms with Crippen LogP contribution < -0.4 is 31.8 Å². The first-order chi connectivity index (χ1) is 46.5. The number of hydrogen-bond acceptors (Lipinski definition) is 0. The SMILES string of the molecule is [2H]c1c([2H])c([2H])c(P(=[Se])(c2c([2H])c([2H])c([2H])c([2H])c2[2H])c2c([2H])c([2H])c(-c3ccc4c(c3)C3(c5ccccc5-4)c4c([2H])c([2H])c([2H])c([2H])c4-c4c([2H])c([2H])c(-c5c([2H])c([2H])c(P(=[Se])(c6c([2H])c([2H])c([2H])c([2H])c6[2H])c6c([2H])c([2H])c([2H])c([2H])c6[2H])c([2H])c5[2H])c([2H])c43)c([2H])c2[2H])c([2H])c1[2H]. The zero-order valence-corrected chi connectivity index (χ0v) is 38.0. The Morgan fingerprint density at radius 3 is 1.26 bits per heavy atom. The van der Waals surface area contributed by atoms with Crippen molar-refractivity contribution in [3.8, 4) is 44.5 Å². The van der Waals surface area contributed by atoms with Crippen LogP contribution in [0.15, 0.2) is 254 Å². The van der Waals surface area contributed by atoms with E-state index in [0.29, 0.717) is 5.56 Å². The fourth-order valence-electron chi connectivity index (χ4n) is 8.35. The first kappa shape index (κ1) is 18.1. The number of rotatable bonds is 8. The third-order valence-corrected chi connectivity index (χ3v) is 23.2. The molecule has 0 bridgehead atoms. The van der Waals surface area contributed by atoms with Crippen LogP contribution >= 0.6 is 11.0 Å². The molecule has 2 aliphatic rings. The van der Waals surface area contributed by atoms with Crippen molar-refractivity contribution in [1.82, 2.24) is 0 Å². The average molecular weight is 1030 g/mol. The minimum absolute atomic E-state index is 0.0408. The fourth-order valence-corrected chi connectivity index (χ4v) is 15.7. The summed E-state index contributed by atoms with van der Waals surface area (Å²) in [7, 11) is 0. The van der Waals surface area contributed by atoms with Gasteiger partial charge in [-0.15, -0.1) is 0 Å². The van der Waals surface area contributed by atoms with Crippen molar-refractivity contribution in [3.63, 3.8) is 0 Å². The molecular weight excluding hydrogens is 953 g/mol. The summed E-state index contributed by atoms with van der Waals surface area (Å²) in [6.07, 6.45) is 0. The van der Waals surface area contributed by atoms with Crippen LogP contribution in [0.4, 0.5) is 0 Å². The van der Waals surface area contributed by atoms with E-state index in [9.17, 15) is 19.2 Å². The second-order valence-electron chi connectivity index (χ2n) is 14.4. The summed E-state index contributed by atoms with van der Waals surface area (Å²) >= 11 is 5.35. The van der Waals surface area contributed by atoms with Crippen LogP contribution in [0.1, 0.15) is 70.2 Å². The molecule has 0 aliphatic heterocycles. The van der Waals surface area contributed by atoms with Crippen LogP contribution in [-0.2, 0) is 5.41 Å². The molecule has 0 saturated heterocycles. The van der Waals surface area contributed by atoms with Crippen molar-refractivity contribution in [2.75, 3.05) is 0 Å². The molecule has 12 rings (SSSR count). The van der Waals surface area contributed by atoms with E-state index in [0.717, 1.165) is 0 Å². The van der Waals surface area contributed by atoms with Crippen molar-refractivity contribution in [2.45, 2.75) is 5.41 Å². The van der Waals surface area contributed by atoms with Crippen LogP contribution in [0, 0.1) is 0 Å². The van der Waals surface area contributed by atoms with Crippen LogP contribution in [0.3, 0.4) is 0 Å². The van der Waals surface area contributed by atoms with E-state index in [1.54, 1.807) is 12.1 Å². The van der Waals surface area contributed by atoms with Crippen LogP contribution in [-0.4, -0.2) is 30.2 Å². The Bertz CT molecular complexity index is 5330. The molecule has 4 heteroatoms. The summed E-state index contributed by atoms with van der Waals surface area (Å²) in [4.78, 5) is 0. The molecule has 0 radical (unpaired) electrons. The molecule has 0 saturated carbocycles. The van der Waals surface area contributed by atoms with Gasteiger partial charge >= 0.3 is 444 Å². The second-order valence-corrected chi connectivity index (χ2v) is 26.4. The summed E-state index contributed by atoms with van der Waals surface area (Å²) in [6, 6.07) is -23.3. The predicted molar refractivity (Wildman–Crippen MR) is 283 cm³/mol. The molecule has 0 N–H and O–H groups in total. The second kappa shape index (κ2) is 16.2. The quantitative estimate of drug-likeness (QED) is 0.105. The first-order valence-electron chi connectivity index (χ1n) is 36.8. The van der Waals surface area contributed by atoms with E-state index in [2.05, 4.69) is 30.2 Å². The molecule has 65 heavy (non-hydrogen) atoms. The van der Waals surface area contributed by atoms with Crippen LogP contribution in [0.2, 0.25) is 0 Å². The van der Waals surface area contributed by atoms with Crippen molar-refractivity contribution in [1.29, 1.82) is 0 Å². The molecule has 10 aromatic rings. The molecule has 0 aromatic heterocycles. The number of fused-ring (bicyclic) bond motifs is 10. The molecule has 308 valence electrons. The van der Waals surface area contributed by atoms with Gasteiger partial charge in [-0.1, -0.05) is 0 Å². The van der Waals surface area contributed by atoms with E-state index in [-0.39, 0.29) is 27.8 Å². The molecule has 0 nitrogen and oxygen atoms in total. The van der Waals surface area contributed by atoms with E-state index < -0.39 is 293 Å². The summed E-state index contributed by atoms with van der Waals surface area (Å²) in [6.45, 7) is 0. The Kier molecular flexibility index (Phi) is 4.50. The van der Waals surface area contributed by atoms with Crippen molar-refractivity contribution < 1.29 is 48.0 Å². The Labute approximate surface area is 446 Å². The maximum absolute atomic E-state index is 10.6. The van der Waals surface area contributed by atoms with Gasteiger partial charge in [-0.25, -0.2) is 0 Å². The topological polar surface area (TPSA) is 0 Å². The molecule has 1 spiro atoms. The van der Waals surface area contributed by atoms with Crippen LogP contribution in [0.5, 0.6) is 0 Å². The molecule has 1 atom stereocenters. The number of hydrogen-bond donors (Lipinski definition) is 0. The van der Waals surface area contributed by atoms with Crippen molar-refractivity contribution >= 4 is 73.0 Å². The Hall–Kier alpha value is -5.90. The standard InChI is InChI=1S/C61H42P2Se2/c64-62(47-17-5-1-6-18-47,48-19-7-2-8-20-48)51-35-29-43(30-36-51)45-33-39-55-53-25-13-15-27-57(53)61(59(55)41-45)58-28-16-14-26-54(58)56-40-34-46(42-60(56)61)44-31-37-52(38-32-44)63(65,49-21-9-3-10-22-49)50-23-11-4-12-24-50/h1-42H/i1D,2D,3D,4D,5D,6D,7D,8D,9D,10D,11D,12D,13D,15D,17D,18D,19D,20D,21D,22D,23D,24D,25D,27D,29D,30D,31D,32D,33D,35D,36D,37D,38D,39D,41D. The molecule has 2 aliphatic carbocycles. The third-order valence-electron chi connectivity index (χ3n) is 11.1. The maximum atomic E-state index is 10.6.